The lowest BCUT2D eigenvalue weighted by Crippen LogP contribution is -2.09. The van der Waals surface area contributed by atoms with Gasteiger partial charge in [0.2, 0.25) is 0 Å². The van der Waals surface area contributed by atoms with Crippen molar-refractivity contribution in [2.45, 2.75) is 13.8 Å². The summed E-state index contributed by atoms with van der Waals surface area (Å²) in [4.78, 5) is 44.6. The molecular formula is C16H13N3O7. The van der Waals surface area contributed by atoms with Gasteiger partial charge in [0, 0.05) is 6.07 Å². The molecule has 10 nitrogen and oxygen atoms in total. The minimum absolute atomic E-state index is 0.0738. The number of carbonyl (C=O) groups excluding carboxylic acids is 2. The molecule has 0 aliphatic rings. The van der Waals surface area contributed by atoms with Gasteiger partial charge in [-0.15, -0.1) is 0 Å². The number of hydrogen-bond donors (Lipinski definition) is 2. The van der Waals surface area contributed by atoms with Crippen LogP contribution in [-0.2, 0) is 0 Å². The molecule has 0 amide bonds. The normalized spacial score (nSPS) is 10.2. The third-order valence-electron chi connectivity index (χ3n) is 3.56. The maximum atomic E-state index is 11.8. The minimum atomic E-state index is -0.905. The molecule has 134 valence electrons. The predicted octanol–water partition coefficient (Wildman–Crippen LogP) is 3.36. The second-order valence-corrected chi connectivity index (χ2v) is 5.31. The molecule has 0 unspecified atom stereocenters. The molecule has 0 saturated carbocycles. The standard InChI is InChI=1S/C16H13N3O7/c1-8(20)10-7-12(15(19(25)26)14(9(2)21)16(10)22)17-11-5-3-4-6-13(11)18(23)24/h3-7,17,22H,1-2H3. The zero-order chi connectivity index (χ0) is 19.6. The summed E-state index contributed by atoms with van der Waals surface area (Å²) < 4.78 is 0. The number of Topliss-reactive ketones (excluding diaryl/α,β-unsaturated/α-hetero) is 2. The zero-order valence-corrected chi connectivity index (χ0v) is 13.7. The molecule has 0 atom stereocenters. The van der Waals surface area contributed by atoms with Crippen LogP contribution in [0.3, 0.4) is 0 Å². The Morgan fingerprint density at radius 1 is 1.00 bits per heavy atom. The number of benzene rings is 2. The maximum absolute atomic E-state index is 11.8. The summed E-state index contributed by atoms with van der Waals surface area (Å²) in [6.45, 7) is 2.11. The van der Waals surface area contributed by atoms with Crippen molar-refractivity contribution in [1.82, 2.24) is 0 Å². The fourth-order valence-electron chi connectivity index (χ4n) is 2.43. The molecule has 0 spiro atoms. The first-order chi connectivity index (χ1) is 12.1. The van der Waals surface area contributed by atoms with Gasteiger partial charge >= 0.3 is 5.69 Å². The molecule has 10 heteroatoms. The van der Waals surface area contributed by atoms with E-state index in [0.717, 1.165) is 19.9 Å². The van der Waals surface area contributed by atoms with Gasteiger partial charge in [0.15, 0.2) is 11.6 Å². The van der Waals surface area contributed by atoms with Crippen LogP contribution in [0.4, 0.5) is 22.7 Å². The summed E-state index contributed by atoms with van der Waals surface area (Å²) in [6.07, 6.45) is 0. The lowest BCUT2D eigenvalue weighted by Gasteiger charge is -2.13. The zero-order valence-electron chi connectivity index (χ0n) is 13.7. The molecular weight excluding hydrogens is 346 g/mol. The quantitative estimate of drug-likeness (QED) is 0.344. The van der Waals surface area contributed by atoms with Crippen LogP contribution >= 0.6 is 0 Å². The second kappa shape index (κ2) is 6.97. The van der Waals surface area contributed by atoms with Gasteiger partial charge in [-0.1, -0.05) is 12.1 Å². The molecule has 2 aromatic rings. The molecule has 0 fully saturated rings. The van der Waals surface area contributed by atoms with Crippen LogP contribution in [0.25, 0.3) is 0 Å². The molecule has 0 radical (unpaired) electrons. The number of nitrogens with zero attached hydrogens (tertiary/aromatic N) is 2. The van der Waals surface area contributed by atoms with E-state index >= 15 is 0 Å². The van der Waals surface area contributed by atoms with E-state index in [4.69, 9.17) is 0 Å². The highest BCUT2D eigenvalue weighted by molar-refractivity contribution is 6.09. The molecule has 2 rings (SSSR count). The number of phenolic OH excluding ortho intramolecular Hbond substituents is 1. The topological polar surface area (TPSA) is 153 Å². The number of hydrogen-bond acceptors (Lipinski definition) is 8. The van der Waals surface area contributed by atoms with Gasteiger partial charge < -0.3 is 10.4 Å². The molecule has 0 aromatic heterocycles. The van der Waals surface area contributed by atoms with Crippen LogP contribution in [-0.4, -0.2) is 26.5 Å². The van der Waals surface area contributed by atoms with Crippen LogP contribution in [0.1, 0.15) is 34.6 Å². The van der Waals surface area contributed by atoms with Gasteiger partial charge in [-0.25, -0.2) is 0 Å². The summed E-state index contributed by atoms with van der Waals surface area (Å²) in [7, 11) is 0. The van der Waals surface area contributed by atoms with Crippen molar-refractivity contribution < 1.29 is 24.5 Å². The Bertz CT molecular complexity index is 953. The summed E-state index contributed by atoms with van der Waals surface area (Å²) in [6, 6.07) is 6.37. The Hall–Kier alpha value is -3.82. The van der Waals surface area contributed by atoms with Crippen LogP contribution in [0, 0.1) is 20.2 Å². The van der Waals surface area contributed by atoms with Crippen molar-refractivity contribution in [1.29, 1.82) is 0 Å². The van der Waals surface area contributed by atoms with Crippen molar-refractivity contribution in [2.75, 3.05) is 5.32 Å². The lowest BCUT2D eigenvalue weighted by atomic mass is 9.99. The summed E-state index contributed by atoms with van der Waals surface area (Å²) >= 11 is 0. The summed E-state index contributed by atoms with van der Waals surface area (Å²) in [5.41, 5.74) is -2.50. The third-order valence-corrected chi connectivity index (χ3v) is 3.56. The highest BCUT2D eigenvalue weighted by atomic mass is 16.6. The average molecular weight is 359 g/mol. The van der Waals surface area contributed by atoms with E-state index in [-0.39, 0.29) is 22.6 Å². The number of anilines is 2. The van der Waals surface area contributed by atoms with Gasteiger partial charge in [0.25, 0.3) is 5.69 Å². The minimum Gasteiger partial charge on any atom is -0.506 e. The van der Waals surface area contributed by atoms with E-state index in [2.05, 4.69) is 5.32 Å². The fourth-order valence-corrected chi connectivity index (χ4v) is 2.43. The Kier molecular flexibility index (Phi) is 4.96. The Balaban J connectivity index is 2.80. The van der Waals surface area contributed by atoms with Gasteiger partial charge in [-0.2, -0.15) is 0 Å². The number of nitrogens with one attached hydrogen (secondary N) is 1. The average Bonchev–Trinajstić information content (AvgIpc) is 2.55. The van der Waals surface area contributed by atoms with E-state index in [1.807, 2.05) is 0 Å². The molecule has 0 aliphatic heterocycles. The van der Waals surface area contributed by atoms with Crippen LogP contribution in [0.5, 0.6) is 5.75 Å². The molecule has 0 saturated heterocycles. The smallest absolute Gasteiger partial charge is 0.307 e. The largest absolute Gasteiger partial charge is 0.506 e. The Labute approximate surface area is 146 Å². The molecule has 0 bridgehead atoms. The van der Waals surface area contributed by atoms with Crippen molar-refractivity contribution >= 4 is 34.3 Å². The monoisotopic (exact) mass is 359 g/mol. The number of nitro groups is 2. The Morgan fingerprint density at radius 3 is 2.12 bits per heavy atom. The van der Waals surface area contributed by atoms with Gasteiger partial charge in [0.1, 0.15) is 22.7 Å². The number of ketones is 2. The van der Waals surface area contributed by atoms with E-state index in [1.54, 1.807) is 0 Å². The molecule has 2 aromatic carbocycles. The first-order valence-electron chi connectivity index (χ1n) is 7.21. The van der Waals surface area contributed by atoms with Crippen LogP contribution in [0.2, 0.25) is 0 Å². The van der Waals surface area contributed by atoms with E-state index in [1.165, 1.54) is 24.3 Å². The maximum Gasteiger partial charge on any atom is 0.307 e. The highest BCUT2D eigenvalue weighted by Crippen LogP contribution is 2.41. The number of nitro benzene ring substituents is 2. The van der Waals surface area contributed by atoms with Gasteiger partial charge in [-0.05, 0) is 26.0 Å². The van der Waals surface area contributed by atoms with Gasteiger partial charge in [0.05, 0.1) is 15.4 Å². The third kappa shape index (κ3) is 3.34. The van der Waals surface area contributed by atoms with Crippen molar-refractivity contribution in [2.24, 2.45) is 0 Å². The molecule has 0 aliphatic carbocycles. The van der Waals surface area contributed by atoms with Crippen LogP contribution < -0.4 is 5.32 Å². The van der Waals surface area contributed by atoms with Crippen molar-refractivity contribution in [3.63, 3.8) is 0 Å². The fraction of sp³-hybridized carbons (Fsp3) is 0.125. The number of aromatic hydroxyl groups is 1. The van der Waals surface area contributed by atoms with Crippen molar-refractivity contribution in [3.8, 4) is 5.75 Å². The van der Waals surface area contributed by atoms with Crippen LogP contribution in [0.15, 0.2) is 30.3 Å². The molecule has 0 heterocycles. The lowest BCUT2D eigenvalue weighted by molar-refractivity contribution is -0.384. The first kappa shape index (κ1) is 18.5. The van der Waals surface area contributed by atoms with Crippen molar-refractivity contribution in [3.05, 3.63) is 61.7 Å². The van der Waals surface area contributed by atoms with E-state index in [0.29, 0.717) is 0 Å². The van der Waals surface area contributed by atoms with E-state index < -0.39 is 38.4 Å². The Morgan fingerprint density at radius 2 is 1.62 bits per heavy atom. The second-order valence-electron chi connectivity index (χ2n) is 5.31. The number of phenols is 1. The predicted molar refractivity (Wildman–Crippen MR) is 91.1 cm³/mol. The molecule has 2 N–H and O–H groups in total. The molecule has 26 heavy (non-hydrogen) atoms. The van der Waals surface area contributed by atoms with Gasteiger partial charge in [-0.3, -0.25) is 29.8 Å². The number of rotatable bonds is 6. The van der Waals surface area contributed by atoms with E-state index in [9.17, 15) is 34.9 Å². The number of carbonyl (C=O) groups is 2. The summed E-state index contributed by atoms with van der Waals surface area (Å²) in [5.74, 6) is -2.27. The highest BCUT2D eigenvalue weighted by Gasteiger charge is 2.31. The summed E-state index contributed by atoms with van der Waals surface area (Å²) in [5, 5.41) is 35.2. The SMILES string of the molecule is CC(=O)c1cc(Nc2ccccc2[N+](=O)[O-])c([N+](=O)[O-])c(C(C)=O)c1O. The number of para-hydroxylation sites is 2. The first-order valence-corrected chi connectivity index (χ1v) is 7.21.